The molecule has 0 aromatic heterocycles. The Morgan fingerprint density at radius 2 is 2.05 bits per heavy atom. The van der Waals surface area contributed by atoms with Gasteiger partial charge >= 0.3 is 0 Å². The van der Waals surface area contributed by atoms with Gasteiger partial charge in [0.15, 0.2) is 0 Å². The minimum Gasteiger partial charge on any atom is -0.338 e. The Bertz CT molecular complexity index is 545. The molecule has 0 unspecified atom stereocenters. The number of benzene rings is 1. The first kappa shape index (κ1) is 14.5. The van der Waals surface area contributed by atoms with Crippen LogP contribution in [0.25, 0.3) is 0 Å². The van der Waals surface area contributed by atoms with Crippen LogP contribution < -0.4 is 0 Å². The molecule has 1 aromatic carbocycles. The van der Waals surface area contributed by atoms with E-state index in [0.29, 0.717) is 12.6 Å². The van der Waals surface area contributed by atoms with Crippen molar-refractivity contribution in [3.8, 4) is 0 Å². The quantitative estimate of drug-likeness (QED) is 0.854. The Labute approximate surface area is 125 Å². The molecule has 1 atom stereocenters. The molecule has 2 aliphatic heterocycles. The molecule has 1 amide bonds. The summed E-state index contributed by atoms with van der Waals surface area (Å²) in [5.41, 5.74) is 0.691. The van der Waals surface area contributed by atoms with Crippen molar-refractivity contribution >= 4 is 5.91 Å². The summed E-state index contributed by atoms with van der Waals surface area (Å²) in [4.78, 5) is 17.1. The number of hydrogen-bond donors (Lipinski definition) is 0. The average Bonchev–Trinajstić information content (AvgIpc) is 3.00. The van der Waals surface area contributed by atoms with Gasteiger partial charge in [-0.2, -0.15) is 0 Å². The zero-order chi connectivity index (χ0) is 15.0. The number of hydrogen-bond acceptors (Lipinski definition) is 2. The predicted molar refractivity (Wildman–Crippen MR) is 80.2 cm³/mol. The van der Waals surface area contributed by atoms with E-state index < -0.39 is 0 Å². The Morgan fingerprint density at radius 1 is 1.29 bits per heavy atom. The average molecular weight is 290 g/mol. The van der Waals surface area contributed by atoms with E-state index in [1.165, 1.54) is 12.1 Å². The van der Waals surface area contributed by atoms with Gasteiger partial charge in [-0.05, 0) is 50.9 Å². The summed E-state index contributed by atoms with van der Waals surface area (Å²) in [7, 11) is 0. The maximum atomic E-state index is 13.3. The molecule has 0 bridgehead atoms. The fourth-order valence-electron chi connectivity index (χ4n) is 3.62. The molecule has 2 fully saturated rings. The molecule has 0 aliphatic carbocycles. The van der Waals surface area contributed by atoms with E-state index in [0.717, 1.165) is 38.0 Å². The summed E-state index contributed by atoms with van der Waals surface area (Å²) in [6.07, 6.45) is 1.90. The van der Waals surface area contributed by atoms with Gasteiger partial charge in [-0.15, -0.1) is 0 Å². The fraction of sp³-hybridized carbons (Fsp3) is 0.588. The first-order valence-electron chi connectivity index (χ1n) is 7.78. The van der Waals surface area contributed by atoms with E-state index >= 15 is 0 Å². The Hall–Kier alpha value is -1.42. The molecule has 0 radical (unpaired) electrons. The van der Waals surface area contributed by atoms with Crippen LogP contribution >= 0.6 is 0 Å². The fourth-order valence-corrected chi connectivity index (χ4v) is 3.62. The molecule has 114 valence electrons. The van der Waals surface area contributed by atoms with E-state index in [9.17, 15) is 9.18 Å². The largest absolute Gasteiger partial charge is 0.338 e. The third kappa shape index (κ3) is 2.69. The zero-order valence-electron chi connectivity index (χ0n) is 12.8. The lowest BCUT2D eigenvalue weighted by Gasteiger charge is -2.25. The summed E-state index contributed by atoms with van der Waals surface area (Å²) in [6.45, 7) is 7.58. The van der Waals surface area contributed by atoms with Gasteiger partial charge in [0.2, 0.25) is 5.91 Å². The lowest BCUT2D eigenvalue weighted by Crippen LogP contribution is -2.38. The molecule has 0 saturated carbocycles. The van der Waals surface area contributed by atoms with Crippen molar-refractivity contribution in [3.05, 3.63) is 35.6 Å². The van der Waals surface area contributed by atoms with Gasteiger partial charge in [0.05, 0.1) is 5.41 Å². The molecule has 0 N–H and O–H groups in total. The van der Waals surface area contributed by atoms with Gasteiger partial charge < -0.3 is 4.90 Å². The topological polar surface area (TPSA) is 23.6 Å². The Balaban J connectivity index is 1.70. The maximum absolute atomic E-state index is 13.3. The Kier molecular flexibility index (Phi) is 3.74. The van der Waals surface area contributed by atoms with Crippen molar-refractivity contribution in [1.29, 1.82) is 0 Å². The van der Waals surface area contributed by atoms with Crippen LogP contribution in [0.3, 0.4) is 0 Å². The van der Waals surface area contributed by atoms with Crippen molar-refractivity contribution in [2.24, 2.45) is 5.41 Å². The highest BCUT2D eigenvalue weighted by molar-refractivity contribution is 5.85. The third-order valence-electron chi connectivity index (χ3n) is 4.98. The molecule has 1 spiro atoms. The standard InChI is InChI=1S/C17H23FN2O/c1-13(2)20-9-7-17(12-20)6-8-19(16(17)21)11-14-4-3-5-15(18)10-14/h3-5,10,13H,6-9,11-12H2,1-2H3/t17-/m1/s1. The molecular formula is C17H23FN2O. The highest BCUT2D eigenvalue weighted by Crippen LogP contribution is 2.41. The lowest BCUT2D eigenvalue weighted by molar-refractivity contribution is -0.136. The highest BCUT2D eigenvalue weighted by Gasteiger charge is 2.50. The molecule has 1 aromatic rings. The zero-order valence-corrected chi connectivity index (χ0v) is 12.8. The van der Waals surface area contributed by atoms with Crippen LogP contribution in [-0.2, 0) is 11.3 Å². The van der Waals surface area contributed by atoms with E-state index in [1.807, 2.05) is 11.0 Å². The van der Waals surface area contributed by atoms with E-state index in [-0.39, 0.29) is 17.1 Å². The molecule has 2 aliphatic rings. The minimum absolute atomic E-state index is 0.183. The molecular weight excluding hydrogens is 267 g/mol. The number of rotatable bonds is 3. The van der Waals surface area contributed by atoms with E-state index in [2.05, 4.69) is 18.7 Å². The van der Waals surface area contributed by atoms with Gasteiger partial charge in [0.1, 0.15) is 5.82 Å². The smallest absolute Gasteiger partial charge is 0.230 e. The second-order valence-electron chi connectivity index (χ2n) is 6.70. The number of carbonyl (C=O) groups is 1. The predicted octanol–water partition coefficient (Wildman–Crippen LogP) is 2.66. The second kappa shape index (κ2) is 5.41. The van der Waals surface area contributed by atoms with Crippen LogP contribution in [0.2, 0.25) is 0 Å². The first-order chi connectivity index (χ1) is 10.00. The second-order valence-corrected chi connectivity index (χ2v) is 6.70. The van der Waals surface area contributed by atoms with Crippen LogP contribution in [0.1, 0.15) is 32.3 Å². The van der Waals surface area contributed by atoms with Crippen LogP contribution in [0.5, 0.6) is 0 Å². The van der Waals surface area contributed by atoms with Crippen molar-refractivity contribution < 1.29 is 9.18 Å². The first-order valence-corrected chi connectivity index (χ1v) is 7.78. The molecule has 21 heavy (non-hydrogen) atoms. The van der Waals surface area contributed by atoms with Gasteiger partial charge in [-0.25, -0.2) is 4.39 Å². The summed E-state index contributed by atoms with van der Waals surface area (Å²) >= 11 is 0. The molecule has 3 nitrogen and oxygen atoms in total. The normalized spacial score (nSPS) is 26.5. The van der Waals surface area contributed by atoms with Crippen LogP contribution in [0, 0.1) is 11.2 Å². The molecule has 2 saturated heterocycles. The maximum Gasteiger partial charge on any atom is 0.230 e. The number of halogens is 1. The van der Waals surface area contributed by atoms with Gasteiger partial charge in [-0.1, -0.05) is 12.1 Å². The molecule has 4 heteroatoms. The summed E-state index contributed by atoms with van der Waals surface area (Å²) < 4.78 is 13.3. The third-order valence-corrected chi connectivity index (χ3v) is 4.98. The van der Waals surface area contributed by atoms with Crippen LogP contribution in [0.15, 0.2) is 24.3 Å². The minimum atomic E-state index is -0.235. The highest BCUT2D eigenvalue weighted by atomic mass is 19.1. The lowest BCUT2D eigenvalue weighted by atomic mass is 9.85. The number of nitrogens with zero attached hydrogens (tertiary/aromatic N) is 2. The van der Waals surface area contributed by atoms with Gasteiger partial charge in [0, 0.05) is 25.7 Å². The van der Waals surface area contributed by atoms with Gasteiger partial charge in [0.25, 0.3) is 0 Å². The van der Waals surface area contributed by atoms with Crippen LogP contribution in [0.4, 0.5) is 4.39 Å². The molecule has 3 rings (SSSR count). The van der Waals surface area contributed by atoms with E-state index in [4.69, 9.17) is 0 Å². The summed E-state index contributed by atoms with van der Waals surface area (Å²) in [5, 5.41) is 0. The SMILES string of the molecule is CC(C)N1CC[C@]2(CCN(Cc3cccc(F)c3)C2=O)C1. The number of likely N-dealkylation sites (tertiary alicyclic amines) is 2. The number of carbonyl (C=O) groups excluding carboxylic acids is 1. The monoisotopic (exact) mass is 290 g/mol. The summed E-state index contributed by atoms with van der Waals surface area (Å²) in [5.74, 6) is 0.0237. The van der Waals surface area contributed by atoms with Gasteiger partial charge in [-0.3, -0.25) is 9.69 Å². The number of amides is 1. The Morgan fingerprint density at radius 3 is 2.71 bits per heavy atom. The molecule has 2 heterocycles. The van der Waals surface area contributed by atoms with Crippen molar-refractivity contribution in [3.63, 3.8) is 0 Å². The van der Waals surface area contributed by atoms with Crippen molar-refractivity contribution in [2.75, 3.05) is 19.6 Å². The van der Waals surface area contributed by atoms with Crippen LogP contribution in [-0.4, -0.2) is 41.4 Å². The van der Waals surface area contributed by atoms with Crippen molar-refractivity contribution in [2.45, 2.75) is 39.3 Å². The summed E-state index contributed by atoms with van der Waals surface area (Å²) in [6, 6.07) is 7.05. The van der Waals surface area contributed by atoms with Crippen molar-refractivity contribution in [1.82, 2.24) is 9.80 Å². The van der Waals surface area contributed by atoms with E-state index in [1.54, 1.807) is 6.07 Å².